The number of aromatic nitrogens is 1. The van der Waals surface area contributed by atoms with Gasteiger partial charge in [-0.2, -0.15) is 0 Å². The molecule has 1 aliphatic carbocycles. The lowest BCUT2D eigenvalue weighted by Crippen LogP contribution is -2.34. The van der Waals surface area contributed by atoms with Gasteiger partial charge in [0.2, 0.25) is 5.91 Å². The molecule has 5 nitrogen and oxygen atoms in total. The molecule has 0 aromatic carbocycles. The van der Waals surface area contributed by atoms with E-state index in [2.05, 4.69) is 5.32 Å². The van der Waals surface area contributed by atoms with E-state index in [1.54, 1.807) is 24.7 Å². The molecule has 104 valence electrons. The minimum Gasteiger partial charge on any atom is -0.478 e. The summed E-state index contributed by atoms with van der Waals surface area (Å²) >= 11 is 0. The second-order valence-corrected chi connectivity index (χ2v) is 5.28. The Morgan fingerprint density at radius 2 is 2.05 bits per heavy atom. The molecular formula is C14H20N2O3. The van der Waals surface area contributed by atoms with Crippen molar-refractivity contribution in [1.82, 2.24) is 9.88 Å². The Morgan fingerprint density at radius 3 is 2.63 bits per heavy atom. The van der Waals surface area contributed by atoms with Crippen molar-refractivity contribution < 1.29 is 14.7 Å². The molecule has 5 heteroatoms. The van der Waals surface area contributed by atoms with Crippen molar-refractivity contribution >= 4 is 11.9 Å². The molecule has 0 spiro atoms. The van der Waals surface area contributed by atoms with Gasteiger partial charge in [-0.15, -0.1) is 0 Å². The standard InChI is InChI=1S/C14H20N2O3/c1-9-8-16(2)11(13(9)14(18)19)7-12(17)15-10-5-3-4-6-10/h8,10H,3-7H2,1-2H3,(H,15,17)(H,18,19). The van der Waals surface area contributed by atoms with Crippen molar-refractivity contribution in [2.24, 2.45) is 7.05 Å². The van der Waals surface area contributed by atoms with Crippen molar-refractivity contribution in [2.45, 2.75) is 45.1 Å². The molecule has 19 heavy (non-hydrogen) atoms. The second-order valence-electron chi connectivity index (χ2n) is 5.28. The summed E-state index contributed by atoms with van der Waals surface area (Å²) in [5.41, 5.74) is 1.52. The van der Waals surface area contributed by atoms with Gasteiger partial charge in [-0.05, 0) is 25.3 Å². The van der Waals surface area contributed by atoms with Gasteiger partial charge < -0.3 is 15.0 Å². The highest BCUT2D eigenvalue weighted by molar-refractivity contribution is 5.93. The molecule has 0 unspecified atom stereocenters. The first kappa shape index (κ1) is 13.6. The number of carbonyl (C=O) groups excluding carboxylic acids is 1. The summed E-state index contributed by atoms with van der Waals surface area (Å²) in [5.74, 6) is -1.06. The third-order valence-corrected chi connectivity index (χ3v) is 3.76. The Bertz CT molecular complexity index is 499. The fourth-order valence-corrected chi connectivity index (χ4v) is 2.84. The number of aryl methyl sites for hydroxylation is 2. The molecule has 0 aliphatic heterocycles. The van der Waals surface area contributed by atoms with E-state index in [0.29, 0.717) is 11.3 Å². The minimum atomic E-state index is -0.971. The van der Waals surface area contributed by atoms with Crippen LogP contribution in [0.1, 0.15) is 47.3 Å². The number of carboxylic acids is 1. The maximum Gasteiger partial charge on any atom is 0.337 e. The minimum absolute atomic E-state index is 0.0874. The van der Waals surface area contributed by atoms with Gasteiger partial charge >= 0.3 is 5.97 Å². The molecule has 1 aromatic heterocycles. The fourth-order valence-electron chi connectivity index (χ4n) is 2.84. The molecule has 1 saturated carbocycles. The Balaban J connectivity index is 2.09. The highest BCUT2D eigenvalue weighted by atomic mass is 16.4. The topological polar surface area (TPSA) is 71.3 Å². The molecule has 1 heterocycles. The number of nitrogens with zero attached hydrogens (tertiary/aromatic N) is 1. The number of carbonyl (C=O) groups is 2. The van der Waals surface area contributed by atoms with Crippen LogP contribution >= 0.6 is 0 Å². The SMILES string of the molecule is Cc1cn(C)c(CC(=O)NC2CCCC2)c1C(=O)O. The van der Waals surface area contributed by atoms with Gasteiger partial charge in [0.25, 0.3) is 0 Å². The quantitative estimate of drug-likeness (QED) is 0.868. The van der Waals surface area contributed by atoms with Crippen molar-refractivity contribution in [1.29, 1.82) is 0 Å². The van der Waals surface area contributed by atoms with E-state index in [1.807, 2.05) is 0 Å². The van der Waals surface area contributed by atoms with E-state index >= 15 is 0 Å². The van der Waals surface area contributed by atoms with Crippen LogP contribution in [0.25, 0.3) is 0 Å². The monoisotopic (exact) mass is 264 g/mol. The van der Waals surface area contributed by atoms with Gasteiger partial charge in [-0.1, -0.05) is 12.8 Å². The maximum atomic E-state index is 12.0. The van der Waals surface area contributed by atoms with E-state index in [-0.39, 0.29) is 23.9 Å². The molecular weight excluding hydrogens is 244 g/mol. The van der Waals surface area contributed by atoms with Gasteiger partial charge in [0.05, 0.1) is 12.0 Å². The Labute approximate surface area is 112 Å². The van der Waals surface area contributed by atoms with Crippen LogP contribution in [0.5, 0.6) is 0 Å². The van der Waals surface area contributed by atoms with E-state index in [1.165, 1.54) is 0 Å². The molecule has 2 rings (SSSR count). The van der Waals surface area contributed by atoms with Crippen LogP contribution in [0, 0.1) is 6.92 Å². The Morgan fingerprint density at radius 1 is 1.42 bits per heavy atom. The van der Waals surface area contributed by atoms with Gasteiger partial charge in [0, 0.05) is 25.0 Å². The normalized spacial score (nSPS) is 15.7. The third-order valence-electron chi connectivity index (χ3n) is 3.76. The number of nitrogens with one attached hydrogen (secondary N) is 1. The average molecular weight is 264 g/mol. The summed E-state index contributed by atoms with van der Waals surface area (Å²) in [7, 11) is 1.78. The average Bonchev–Trinajstić information content (AvgIpc) is 2.88. The predicted octanol–water partition coefficient (Wildman–Crippen LogP) is 1.63. The van der Waals surface area contributed by atoms with Gasteiger partial charge in [-0.3, -0.25) is 4.79 Å². The molecule has 1 amide bonds. The van der Waals surface area contributed by atoms with Crippen LogP contribution in [0.4, 0.5) is 0 Å². The Hall–Kier alpha value is -1.78. The van der Waals surface area contributed by atoms with Crippen LogP contribution in [-0.4, -0.2) is 27.6 Å². The summed E-state index contributed by atoms with van der Waals surface area (Å²) in [6.07, 6.45) is 6.26. The number of aromatic carboxylic acids is 1. The summed E-state index contributed by atoms with van der Waals surface area (Å²) in [5, 5.41) is 12.2. The molecule has 2 N–H and O–H groups in total. The zero-order chi connectivity index (χ0) is 14.0. The third kappa shape index (κ3) is 2.97. The summed E-state index contributed by atoms with van der Waals surface area (Å²) in [6, 6.07) is 0.266. The number of hydrogen-bond donors (Lipinski definition) is 2. The number of rotatable bonds is 4. The van der Waals surface area contributed by atoms with E-state index in [9.17, 15) is 14.7 Å². The van der Waals surface area contributed by atoms with Crippen LogP contribution in [0.2, 0.25) is 0 Å². The highest BCUT2D eigenvalue weighted by Gasteiger charge is 2.22. The lowest BCUT2D eigenvalue weighted by molar-refractivity contribution is -0.121. The predicted molar refractivity (Wildman–Crippen MR) is 71.2 cm³/mol. The van der Waals surface area contributed by atoms with Crippen LogP contribution in [-0.2, 0) is 18.3 Å². The molecule has 0 bridgehead atoms. The number of amides is 1. The molecule has 1 fully saturated rings. The summed E-state index contributed by atoms with van der Waals surface area (Å²) in [4.78, 5) is 23.2. The summed E-state index contributed by atoms with van der Waals surface area (Å²) < 4.78 is 1.73. The van der Waals surface area contributed by atoms with Crippen molar-refractivity contribution in [3.8, 4) is 0 Å². The first-order valence-corrected chi connectivity index (χ1v) is 6.66. The first-order chi connectivity index (χ1) is 8.99. The van der Waals surface area contributed by atoms with E-state index in [4.69, 9.17) is 0 Å². The zero-order valence-electron chi connectivity index (χ0n) is 11.4. The van der Waals surface area contributed by atoms with Crippen molar-refractivity contribution in [3.63, 3.8) is 0 Å². The molecule has 0 saturated heterocycles. The maximum absolute atomic E-state index is 12.0. The lowest BCUT2D eigenvalue weighted by Gasteiger charge is -2.12. The van der Waals surface area contributed by atoms with Crippen LogP contribution < -0.4 is 5.32 Å². The zero-order valence-corrected chi connectivity index (χ0v) is 11.4. The first-order valence-electron chi connectivity index (χ1n) is 6.66. The van der Waals surface area contributed by atoms with Gasteiger partial charge in [-0.25, -0.2) is 4.79 Å². The number of carboxylic acid groups (broad SMARTS) is 1. The van der Waals surface area contributed by atoms with Gasteiger partial charge in [0.15, 0.2) is 0 Å². The molecule has 0 atom stereocenters. The van der Waals surface area contributed by atoms with Crippen molar-refractivity contribution in [3.05, 3.63) is 23.0 Å². The van der Waals surface area contributed by atoms with Crippen LogP contribution in [0.15, 0.2) is 6.20 Å². The molecule has 1 aliphatic rings. The largest absolute Gasteiger partial charge is 0.478 e. The highest BCUT2D eigenvalue weighted by Crippen LogP contribution is 2.19. The smallest absolute Gasteiger partial charge is 0.337 e. The molecule has 0 radical (unpaired) electrons. The fraction of sp³-hybridized carbons (Fsp3) is 0.571. The Kier molecular flexibility index (Phi) is 3.93. The van der Waals surface area contributed by atoms with Gasteiger partial charge in [0.1, 0.15) is 0 Å². The van der Waals surface area contributed by atoms with E-state index < -0.39 is 5.97 Å². The lowest BCUT2D eigenvalue weighted by atomic mass is 10.1. The summed E-state index contributed by atoms with van der Waals surface area (Å²) in [6.45, 7) is 1.75. The second kappa shape index (κ2) is 5.47. The molecule has 1 aromatic rings. The van der Waals surface area contributed by atoms with Crippen LogP contribution in [0.3, 0.4) is 0 Å². The van der Waals surface area contributed by atoms with E-state index in [0.717, 1.165) is 25.7 Å². The number of hydrogen-bond acceptors (Lipinski definition) is 2. The van der Waals surface area contributed by atoms with Crippen molar-refractivity contribution in [2.75, 3.05) is 0 Å².